The van der Waals surface area contributed by atoms with Crippen LogP contribution in [0, 0.1) is 0 Å². The molecule has 0 bridgehead atoms. The Kier molecular flexibility index (Phi) is 3.56. The molecular weight excluding hydrogens is 216 g/mol. The number of rotatable bonds is 4. The lowest BCUT2D eigenvalue weighted by Gasteiger charge is -2.04. The molecular formula is C13H16N2O2. The van der Waals surface area contributed by atoms with Crippen LogP contribution < -0.4 is 0 Å². The molecule has 1 aromatic heterocycles. The third-order valence-electron chi connectivity index (χ3n) is 2.89. The molecule has 4 nitrogen and oxygen atoms in total. The highest BCUT2D eigenvalue weighted by atomic mass is 16.3. The first kappa shape index (κ1) is 11.8. The highest BCUT2D eigenvalue weighted by Gasteiger charge is 2.13. The topological polar surface area (TPSA) is 58.3 Å². The SMILES string of the molecule is Cn1c(Cc2ccccc2)nc(CO)c1CO. The Morgan fingerprint density at radius 1 is 1.12 bits per heavy atom. The van der Waals surface area contributed by atoms with E-state index in [4.69, 9.17) is 5.11 Å². The summed E-state index contributed by atoms with van der Waals surface area (Å²) in [5.41, 5.74) is 2.40. The van der Waals surface area contributed by atoms with E-state index in [9.17, 15) is 5.11 Å². The smallest absolute Gasteiger partial charge is 0.113 e. The molecule has 90 valence electrons. The maximum Gasteiger partial charge on any atom is 0.113 e. The minimum Gasteiger partial charge on any atom is -0.390 e. The first-order chi connectivity index (χ1) is 8.26. The van der Waals surface area contributed by atoms with Crippen molar-refractivity contribution in [3.05, 3.63) is 53.1 Å². The van der Waals surface area contributed by atoms with Crippen LogP contribution in [0.15, 0.2) is 30.3 Å². The molecule has 1 heterocycles. The first-order valence-electron chi connectivity index (χ1n) is 5.55. The van der Waals surface area contributed by atoms with Crippen LogP contribution in [-0.2, 0) is 26.7 Å². The lowest BCUT2D eigenvalue weighted by Crippen LogP contribution is -2.03. The quantitative estimate of drug-likeness (QED) is 0.826. The normalized spacial score (nSPS) is 10.8. The van der Waals surface area contributed by atoms with Gasteiger partial charge in [0.15, 0.2) is 0 Å². The van der Waals surface area contributed by atoms with Crippen molar-refractivity contribution in [3.63, 3.8) is 0 Å². The van der Waals surface area contributed by atoms with Gasteiger partial charge in [-0.25, -0.2) is 4.98 Å². The van der Waals surface area contributed by atoms with E-state index in [1.54, 1.807) is 0 Å². The van der Waals surface area contributed by atoms with Gasteiger partial charge in [0.25, 0.3) is 0 Å². The van der Waals surface area contributed by atoms with Gasteiger partial charge in [-0.15, -0.1) is 0 Å². The predicted molar refractivity (Wildman–Crippen MR) is 64.3 cm³/mol. The maximum absolute atomic E-state index is 9.24. The Hall–Kier alpha value is -1.65. The van der Waals surface area contributed by atoms with Crippen molar-refractivity contribution >= 4 is 0 Å². The molecule has 0 spiro atoms. The molecule has 17 heavy (non-hydrogen) atoms. The van der Waals surface area contributed by atoms with E-state index >= 15 is 0 Å². The standard InChI is InChI=1S/C13H16N2O2/c1-15-12(9-17)11(8-16)14-13(15)7-10-5-3-2-4-6-10/h2-6,16-17H,7-9H2,1H3. The van der Waals surface area contributed by atoms with Crippen LogP contribution >= 0.6 is 0 Å². The summed E-state index contributed by atoms with van der Waals surface area (Å²) in [5.74, 6) is 0.851. The number of hydrogen-bond acceptors (Lipinski definition) is 3. The molecule has 0 aliphatic rings. The number of nitrogens with zero attached hydrogens (tertiary/aromatic N) is 2. The molecule has 2 aromatic rings. The zero-order valence-electron chi connectivity index (χ0n) is 9.80. The summed E-state index contributed by atoms with van der Waals surface area (Å²) in [6.45, 7) is -0.243. The largest absolute Gasteiger partial charge is 0.390 e. The number of aromatic nitrogens is 2. The Morgan fingerprint density at radius 2 is 1.82 bits per heavy atom. The molecule has 0 saturated carbocycles. The van der Waals surface area contributed by atoms with Crippen molar-refractivity contribution in [3.8, 4) is 0 Å². The molecule has 0 atom stereocenters. The van der Waals surface area contributed by atoms with Crippen molar-refractivity contribution in [1.82, 2.24) is 9.55 Å². The second-order valence-electron chi connectivity index (χ2n) is 3.96. The van der Waals surface area contributed by atoms with E-state index in [0.717, 1.165) is 11.4 Å². The number of aliphatic hydroxyl groups excluding tert-OH is 2. The zero-order valence-corrected chi connectivity index (χ0v) is 9.80. The summed E-state index contributed by atoms with van der Waals surface area (Å²) >= 11 is 0. The molecule has 0 fully saturated rings. The van der Waals surface area contributed by atoms with Gasteiger partial charge in [0.05, 0.1) is 24.6 Å². The Morgan fingerprint density at radius 3 is 2.35 bits per heavy atom. The van der Waals surface area contributed by atoms with Crippen LogP contribution in [0.2, 0.25) is 0 Å². The minimum absolute atomic E-state index is 0.103. The molecule has 0 aliphatic carbocycles. The average Bonchev–Trinajstić information content (AvgIpc) is 2.67. The second-order valence-corrected chi connectivity index (χ2v) is 3.96. The first-order valence-corrected chi connectivity index (χ1v) is 5.55. The molecule has 4 heteroatoms. The summed E-state index contributed by atoms with van der Waals surface area (Å²) in [6.07, 6.45) is 0.699. The van der Waals surface area contributed by atoms with Crippen LogP contribution in [0.1, 0.15) is 22.8 Å². The molecule has 2 rings (SSSR count). The Balaban J connectivity index is 2.31. The molecule has 0 amide bonds. The number of hydrogen-bond donors (Lipinski definition) is 2. The van der Waals surface area contributed by atoms with Gasteiger partial charge < -0.3 is 14.8 Å². The molecule has 0 unspecified atom stereocenters. The molecule has 0 radical (unpaired) electrons. The lowest BCUT2D eigenvalue weighted by atomic mass is 10.1. The van der Waals surface area contributed by atoms with Crippen molar-refractivity contribution in [1.29, 1.82) is 0 Å². The Bertz CT molecular complexity index is 492. The van der Waals surface area contributed by atoms with Gasteiger partial charge in [0, 0.05) is 13.5 Å². The maximum atomic E-state index is 9.24. The summed E-state index contributed by atoms with van der Waals surface area (Å²) in [6, 6.07) is 10.0. The van der Waals surface area contributed by atoms with Crippen molar-refractivity contribution in [2.45, 2.75) is 19.6 Å². The fraction of sp³-hybridized carbons (Fsp3) is 0.308. The van der Waals surface area contributed by atoms with E-state index in [1.807, 2.05) is 41.9 Å². The van der Waals surface area contributed by atoms with Gasteiger partial charge in [-0.2, -0.15) is 0 Å². The van der Waals surface area contributed by atoms with Gasteiger partial charge >= 0.3 is 0 Å². The van der Waals surface area contributed by atoms with Crippen LogP contribution in [0.25, 0.3) is 0 Å². The summed E-state index contributed by atoms with van der Waals surface area (Å²) in [4.78, 5) is 4.35. The van der Waals surface area contributed by atoms with E-state index in [2.05, 4.69) is 4.98 Å². The Labute approximate surface area is 100 Å². The molecule has 0 saturated heterocycles. The summed E-state index contributed by atoms with van der Waals surface area (Å²) < 4.78 is 1.85. The molecule has 0 aliphatic heterocycles. The minimum atomic E-state index is -0.140. The van der Waals surface area contributed by atoms with Crippen LogP contribution in [-0.4, -0.2) is 19.8 Å². The predicted octanol–water partition coefficient (Wildman–Crippen LogP) is 0.995. The highest BCUT2D eigenvalue weighted by molar-refractivity contribution is 5.23. The summed E-state index contributed by atoms with van der Waals surface area (Å²) in [7, 11) is 1.86. The zero-order chi connectivity index (χ0) is 12.3. The third kappa shape index (κ3) is 2.38. The van der Waals surface area contributed by atoms with E-state index in [-0.39, 0.29) is 13.2 Å². The van der Waals surface area contributed by atoms with Gasteiger partial charge in [-0.3, -0.25) is 0 Å². The van der Waals surface area contributed by atoms with Crippen LogP contribution in [0.4, 0.5) is 0 Å². The number of aliphatic hydroxyl groups is 2. The lowest BCUT2D eigenvalue weighted by molar-refractivity contribution is 0.251. The molecule has 1 aromatic carbocycles. The van der Waals surface area contributed by atoms with E-state index in [0.29, 0.717) is 17.8 Å². The fourth-order valence-corrected chi connectivity index (χ4v) is 1.91. The number of benzene rings is 1. The average molecular weight is 232 g/mol. The van der Waals surface area contributed by atoms with Crippen LogP contribution in [0.3, 0.4) is 0 Å². The highest BCUT2D eigenvalue weighted by Crippen LogP contribution is 2.14. The van der Waals surface area contributed by atoms with Gasteiger partial charge in [-0.1, -0.05) is 30.3 Å². The van der Waals surface area contributed by atoms with Gasteiger partial charge in [0.1, 0.15) is 5.82 Å². The van der Waals surface area contributed by atoms with Crippen LogP contribution in [0.5, 0.6) is 0 Å². The third-order valence-corrected chi connectivity index (χ3v) is 2.89. The monoisotopic (exact) mass is 232 g/mol. The summed E-state index contributed by atoms with van der Waals surface area (Å²) in [5, 5.41) is 18.4. The van der Waals surface area contributed by atoms with Crippen molar-refractivity contribution < 1.29 is 10.2 Å². The fourth-order valence-electron chi connectivity index (χ4n) is 1.91. The van der Waals surface area contributed by atoms with E-state index in [1.165, 1.54) is 0 Å². The van der Waals surface area contributed by atoms with E-state index < -0.39 is 0 Å². The van der Waals surface area contributed by atoms with Crippen molar-refractivity contribution in [2.24, 2.45) is 7.05 Å². The van der Waals surface area contributed by atoms with Crippen molar-refractivity contribution in [2.75, 3.05) is 0 Å². The van der Waals surface area contributed by atoms with Gasteiger partial charge in [-0.05, 0) is 5.56 Å². The molecule has 2 N–H and O–H groups in total. The second kappa shape index (κ2) is 5.12. The van der Waals surface area contributed by atoms with Gasteiger partial charge in [0.2, 0.25) is 0 Å². The number of imidazole rings is 1.